The highest BCUT2D eigenvalue weighted by molar-refractivity contribution is 6.10. The van der Waals surface area contributed by atoms with Gasteiger partial charge in [-0.3, -0.25) is 19.3 Å². The highest BCUT2D eigenvalue weighted by atomic mass is 16.4. The highest BCUT2D eigenvalue weighted by Crippen LogP contribution is 2.42. The van der Waals surface area contributed by atoms with E-state index in [1.54, 1.807) is 31.2 Å². The van der Waals surface area contributed by atoms with Gasteiger partial charge < -0.3 is 5.11 Å². The van der Waals surface area contributed by atoms with Gasteiger partial charge in [0.15, 0.2) is 0 Å². The number of hydrogen-bond donors (Lipinski definition) is 1. The van der Waals surface area contributed by atoms with Crippen LogP contribution in [0, 0.1) is 5.41 Å². The number of imide groups is 1. The van der Waals surface area contributed by atoms with Crippen molar-refractivity contribution in [2.24, 2.45) is 5.41 Å². The van der Waals surface area contributed by atoms with Gasteiger partial charge in [0.1, 0.15) is 0 Å². The van der Waals surface area contributed by atoms with E-state index in [0.717, 1.165) is 5.56 Å². The van der Waals surface area contributed by atoms with E-state index in [-0.39, 0.29) is 18.2 Å². The van der Waals surface area contributed by atoms with Crippen molar-refractivity contribution >= 4 is 17.8 Å². The van der Waals surface area contributed by atoms with Crippen LogP contribution < -0.4 is 0 Å². The van der Waals surface area contributed by atoms with Gasteiger partial charge in [-0.15, -0.1) is 0 Å². The van der Waals surface area contributed by atoms with Gasteiger partial charge in [0.05, 0.1) is 17.9 Å². The fraction of sp³-hybridized carbons (Fsp3) is 0.438. The first-order chi connectivity index (χ1) is 9.95. The van der Waals surface area contributed by atoms with E-state index < -0.39 is 17.4 Å². The third kappa shape index (κ3) is 1.95. The molecular formula is C16H17NO4. The van der Waals surface area contributed by atoms with E-state index in [4.69, 9.17) is 0 Å². The first-order valence-corrected chi connectivity index (χ1v) is 7.13. The Labute approximate surface area is 122 Å². The van der Waals surface area contributed by atoms with E-state index in [1.165, 1.54) is 4.90 Å². The number of nitrogens with zero attached hydrogens (tertiary/aromatic N) is 1. The Balaban J connectivity index is 2.02. The summed E-state index contributed by atoms with van der Waals surface area (Å²) in [4.78, 5) is 37.8. The normalized spacial score (nSPS) is 28.6. The molecule has 110 valence electrons. The Hall–Kier alpha value is -2.17. The van der Waals surface area contributed by atoms with Gasteiger partial charge in [0.2, 0.25) is 5.91 Å². The summed E-state index contributed by atoms with van der Waals surface area (Å²) in [6.07, 6.45) is 1.93. The molecule has 5 heteroatoms. The molecule has 1 heterocycles. The van der Waals surface area contributed by atoms with Crippen LogP contribution in [0.2, 0.25) is 0 Å². The monoisotopic (exact) mass is 287 g/mol. The molecular weight excluding hydrogens is 270 g/mol. The third-order valence-corrected chi connectivity index (χ3v) is 4.79. The van der Waals surface area contributed by atoms with Crippen molar-refractivity contribution in [2.45, 2.75) is 38.6 Å². The van der Waals surface area contributed by atoms with Crippen LogP contribution in [0.1, 0.15) is 42.1 Å². The Morgan fingerprint density at radius 1 is 1.33 bits per heavy atom. The minimum Gasteiger partial charge on any atom is -0.481 e. The largest absolute Gasteiger partial charge is 0.481 e. The molecule has 2 unspecified atom stereocenters. The van der Waals surface area contributed by atoms with Crippen LogP contribution in [0.3, 0.4) is 0 Å². The molecule has 1 aromatic rings. The summed E-state index contributed by atoms with van der Waals surface area (Å²) in [6, 6.07) is 6.47. The first-order valence-electron chi connectivity index (χ1n) is 7.13. The summed E-state index contributed by atoms with van der Waals surface area (Å²) in [5, 5.41) is 9.49. The zero-order valence-corrected chi connectivity index (χ0v) is 11.8. The maximum absolute atomic E-state index is 12.6. The van der Waals surface area contributed by atoms with E-state index in [1.807, 2.05) is 0 Å². The number of aliphatic carboxylic acids is 1. The van der Waals surface area contributed by atoms with Crippen LogP contribution in [-0.4, -0.2) is 33.8 Å². The van der Waals surface area contributed by atoms with Crippen molar-refractivity contribution < 1.29 is 19.5 Å². The lowest BCUT2D eigenvalue weighted by Gasteiger charge is -2.38. The molecule has 0 aromatic heterocycles. The summed E-state index contributed by atoms with van der Waals surface area (Å²) >= 11 is 0. The van der Waals surface area contributed by atoms with Crippen molar-refractivity contribution in [2.75, 3.05) is 0 Å². The van der Waals surface area contributed by atoms with Crippen LogP contribution in [0.4, 0.5) is 0 Å². The summed E-state index contributed by atoms with van der Waals surface area (Å²) in [5.41, 5.74) is 0.188. The molecule has 1 saturated carbocycles. The zero-order chi connectivity index (χ0) is 15.2. The number of benzene rings is 1. The van der Waals surface area contributed by atoms with Crippen LogP contribution >= 0.6 is 0 Å². The molecule has 1 fully saturated rings. The van der Waals surface area contributed by atoms with Gasteiger partial charge in [-0.25, -0.2) is 0 Å². The van der Waals surface area contributed by atoms with E-state index in [9.17, 15) is 19.5 Å². The summed E-state index contributed by atoms with van der Waals surface area (Å²) in [6.45, 7) is 1.63. The van der Waals surface area contributed by atoms with Crippen molar-refractivity contribution in [1.82, 2.24) is 4.90 Å². The van der Waals surface area contributed by atoms with Crippen molar-refractivity contribution in [3.8, 4) is 0 Å². The second-order valence-electron chi connectivity index (χ2n) is 6.03. The lowest BCUT2D eigenvalue weighted by Crippen LogP contribution is -2.54. The number of hydrogen-bond acceptors (Lipinski definition) is 3. The summed E-state index contributed by atoms with van der Waals surface area (Å²) < 4.78 is 0. The molecule has 0 saturated heterocycles. The number of carboxylic acid groups (broad SMARTS) is 1. The zero-order valence-electron chi connectivity index (χ0n) is 11.8. The lowest BCUT2D eigenvalue weighted by atomic mass is 9.82. The third-order valence-electron chi connectivity index (χ3n) is 4.79. The minimum atomic E-state index is -1.04. The Kier molecular flexibility index (Phi) is 3.08. The molecule has 0 bridgehead atoms. The second kappa shape index (κ2) is 4.69. The van der Waals surface area contributed by atoms with Crippen LogP contribution in [0.25, 0.3) is 0 Å². The van der Waals surface area contributed by atoms with Crippen molar-refractivity contribution in [3.05, 3.63) is 35.4 Å². The predicted molar refractivity (Wildman–Crippen MR) is 74.7 cm³/mol. The van der Waals surface area contributed by atoms with Gasteiger partial charge >= 0.3 is 5.97 Å². The molecule has 1 aromatic carbocycles. The van der Waals surface area contributed by atoms with Gasteiger partial charge in [-0.1, -0.05) is 24.6 Å². The number of amides is 2. The topological polar surface area (TPSA) is 74.7 Å². The molecule has 21 heavy (non-hydrogen) atoms. The SMILES string of the molecule is CC1(C(=O)O)CCCC1N1C(=O)Cc2ccccc2C1=O. The van der Waals surface area contributed by atoms with Crippen molar-refractivity contribution in [3.63, 3.8) is 0 Å². The Morgan fingerprint density at radius 2 is 2.05 bits per heavy atom. The molecule has 1 aliphatic heterocycles. The Morgan fingerprint density at radius 3 is 2.76 bits per heavy atom. The van der Waals surface area contributed by atoms with Gasteiger partial charge in [0.25, 0.3) is 5.91 Å². The van der Waals surface area contributed by atoms with Crippen LogP contribution in [0.15, 0.2) is 24.3 Å². The summed E-state index contributed by atoms with van der Waals surface area (Å²) in [5.74, 6) is -1.59. The van der Waals surface area contributed by atoms with Gasteiger partial charge in [-0.05, 0) is 31.4 Å². The molecule has 1 N–H and O–H groups in total. The average Bonchev–Trinajstić information content (AvgIpc) is 2.82. The van der Waals surface area contributed by atoms with E-state index in [2.05, 4.69) is 0 Å². The fourth-order valence-corrected chi connectivity index (χ4v) is 3.50. The molecule has 2 amide bonds. The lowest BCUT2D eigenvalue weighted by molar-refractivity contribution is -0.151. The molecule has 2 aliphatic rings. The summed E-state index contributed by atoms with van der Waals surface area (Å²) in [7, 11) is 0. The van der Waals surface area contributed by atoms with Crippen LogP contribution in [-0.2, 0) is 16.0 Å². The molecule has 1 aliphatic carbocycles. The fourth-order valence-electron chi connectivity index (χ4n) is 3.50. The van der Waals surface area contributed by atoms with Crippen molar-refractivity contribution in [1.29, 1.82) is 0 Å². The van der Waals surface area contributed by atoms with Gasteiger partial charge in [-0.2, -0.15) is 0 Å². The average molecular weight is 287 g/mol. The predicted octanol–water partition coefficient (Wildman–Crippen LogP) is 1.85. The number of fused-ring (bicyclic) bond motifs is 1. The maximum Gasteiger partial charge on any atom is 0.311 e. The maximum atomic E-state index is 12.6. The second-order valence-corrected chi connectivity index (χ2v) is 6.03. The quantitative estimate of drug-likeness (QED) is 0.842. The van der Waals surface area contributed by atoms with E-state index in [0.29, 0.717) is 24.8 Å². The smallest absolute Gasteiger partial charge is 0.311 e. The standard InChI is InChI=1S/C16H17NO4/c1-16(15(20)21)8-4-7-12(16)17-13(18)9-10-5-2-3-6-11(10)14(17)19/h2-3,5-6,12H,4,7-9H2,1H3,(H,20,21). The van der Waals surface area contributed by atoms with Gasteiger partial charge in [0, 0.05) is 5.56 Å². The molecule has 3 rings (SSSR count). The molecule has 2 atom stereocenters. The van der Waals surface area contributed by atoms with E-state index >= 15 is 0 Å². The number of carbonyl (C=O) groups excluding carboxylic acids is 2. The first kappa shape index (κ1) is 13.8. The number of carboxylic acids is 1. The number of carbonyl (C=O) groups is 3. The molecule has 5 nitrogen and oxygen atoms in total. The van der Waals surface area contributed by atoms with Crippen LogP contribution in [0.5, 0.6) is 0 Å². The highest BCUT2D eigenvalue weighted by Gasteiger charge is 2.52. The molecule has 0 radical (unpaired) electrons. The molecule has 0 spiro atoms. The minimum absolute atomic E-state index is 0.161. The number of rotatable bonds is 2. The Bertz CT molecular complexity index is 639.